The molecule has 3 rings (SSSR count). The Labute approximate surface area is 106 Å². The molecule has 18 heavy (non-hydrogen) atoms. The molecule has 2 aliphatic rings. The average molecular weight is 247 g/mol. The maximum atomic E-state index is 11.0. The van der Waals surface area contributed by atoms with Gasteiger partial charge in [-0.25, -0.2) is 0 Å². The van der Waals surface area contributed by atoms with Gasteiger partial charge >= 0.3 is 0 Å². The van der Waals surface area contributed by atoms with Crippen molar-refractivity contribution in [2.45, 2.75) is 44.0 Å². The fourth-order valence-corrected chi connectivity index (χ4v) is 2.64. The number of epoxide rings is 1. The van der Waals surface area contributed by atoms with Crippen LogP contribution in [0.5, 0.6) is 5.75 Å². The first-order chi connectivity index (χ1) is 8.74. The molecule has 3 unspecified atom stereocenters. The number of primary amides is 1. The number of benzene rings is 1. The molecular formula is C14H17NO3. The molecule has 1 aliphatic carbocycles. The number of carbonyl (C=O) groups excluding carboxylic acids is 1. The summed E-state index contributed by atoms with van der Waals surface area (Å²) in [6.07, 6.45) is 4.30. The minimum atomic E-state index is -0.338. The fraction of sp³-hybridized carbons (Fsp3) is 0.500. The molecule has 1 heterocycles. The van der Waals surface area contributed by atoms with Crippen molar-refractivity contribution in [3.05, 3.63) is 29.8 Å². The van der Waals surface area contributed by atoms with Crippen LogP contribution in [-0.2, 0) is 16.0 Å². The minimum absolute atomic E-state index is 0.123. The monoisotopic (exact) mass is 247 g/mol. The van der Waals surface area contributed by atoms with E-state index in [-0.39, 0.29) is 24.5 Å². The molecule has 1 saturated carbocycles. The van der Waals surface area contributed by atoms with E-state index < -0.39 is 0 Å². The summed E-state index contributed by atoms with van der Waals surface area (Å²) in [5.74, 6) is 0.424. The van der Waals surface area contributed by atoms with E-state index in [0.29, 0.717) is 6.10 Å². The smallest absolute Gasteiger partial charge is 0.221 e. The lowest BCUT2D eigenvalue weighted by molar-refractivity contribution is -0.117. The zero-order valence-electron chi connectivity index (χ0n) is 10.2. The van der Waals surface area contributed by atoms with Crippen molar-refractivity contribution >= 4 is 5.91 Å². The Balaban J connectivity index is 1.73. The summed E-state index contributed by atoms with van der Waals surface area (Å²) in [6, 6.07) is 7.58. The van der Waals surface area contributed by atoms with Crippen molar-refractivity contribution in [3.63, 3.8) is 0 Å². The van der Waals surface area contributed by atoms with Crippen molar-refractivity contribution in [2.75, 3.05) is 0 Å². The zero-order valence-corrected chi connectivity index (χ0v) is 10.2. The number of para-hydroxylation sites is 1. The van der Waals surface area contributed by atoms with Crippen molar-refractivity contribution in [2.24, 2.45) is 5.73 Å². The van der Waals surface area contributed by atoms with E-state index in [1.807, 2.05) is 24.3 Å². The first-order valence-corrected chi connectivity index (χ1v) is 6.42. The number of carbonyl (C=O) groups is 1. The molecule has 0 aromatic heterocycles. The van der Waals surface area contributed by atoms with Crippen molar-refractivity contribution < 1.29 is 14.3 Å². The molecule has 0 spiro atoms. The third-order valence-corrected chi connectivity index (χ3v) is 3.58. The highest BCUT2D eigenvalue weighted by molar-refractivity contribution is 5.77. The van der Waals surface area contributed by atoms with Gasteiger partial charge in [-0.2, -0.15) is 0 Å². The van der Waals surface area contributed by atoms with Gasteiger partial charge in [-0.1, -0.05) is 18.2 Å². The fourth-order valence-electron chi connectivity index (χ4n) is 2.64. The second kappa shape index (κ2) is 4.61. The molecule has 2 fully saturated rings. The van der Waals surface area contributed by atoms with Crippen molar-refractivity contribution in [1.82, 2.24) is 0 Å². The zero-order chi connectivity index (χ0) is 12.5. The van der Waals surface area contributed by atoms with Gasteiger partial charge in [0.05, 0.1) is 12.5 Å². The van der Waals surface area contributed by atoms with E-state index in [0.717, 1.165) is 30.6 Å². The number of fused-ring (bicyclic) bond motifs is 1. The molecule has 1 amide bonds. The predicted molar refractivity (Wildman–Crippen MR) is 66.3 cm³/mol. The first-order valence-electron chi connectivity index (χ1n) is 6.42. The van der Waals surface area contributed by atoms with Crippen molar-refractivity contribution in [3.8, 4) is 5.75 Å². The normalized spacial score (nSPS) is 29.4. The standard InChI is InChI=1S/C14H17NO3/c15-13(16)8-9-4-1-2-5-10(9)17-11-6-3-7-12-14(11)18-12/h1-2,4-5,11-12,14H,3,6-8H2,(H2,15,16). The summed E-state index contributed by atoms with van der Waals surface area (Å²) in [5, 5.41) is 0. The Bertz CT molecular complexity index is 460. The Kier molecular flexibility index (Phi) is 2.96. The third-order valence-electron chi connectivity index (χ3n) is 3.58. The molecule has 4 heteroatoms. The molecule has 1 aliphatic heterocycles. The highest BCUT2D eigenvalue weighted by atomic mass is 16.6. The molecule has 2 N–H and O–H groups in total. The quantitative estimate of drug-likeness (QED) is 0.818. The molecule has 0 bridgehead atoms. The van der Waals surface area contributed by atoms with Gasteiger partial charge < -0.3 is 15.2 Å². The maximum absolute atomic E-state index is 11.0. The van der Waals surface area contributed by atoms with E-state index in [9.17, 15) is 4.79 Å². The third kappa shape index (κ3) is 2.34. The molecule has 96 valence electrons. The van der Waals surface area contributed by atoms with Crippen LogP contribution in [0.15, 0.2) is 24.3 Å². The second-order valence-corrected chi connectivity index (χ2v) is 4.98. The van der Waals surface area contributed by atoms with Gasteiger partial charge in [-0.3, -0.25) is 4.79 Å². The summed E-state index contributed by atoms with van der Waals surface area (Å²) in [4.78, 5) is 11.0. The molecule has 1 saturated heterocycles. The Morgan fingerprint density at radius 3 is 3.06 bits per heavy atom. The number of amides is 1. The lowest BCUT2D eigenvalue weighted by Crippen LogP contribution is -2.28. The van der Waals surface area contributed by atoms with Gasteiger partial charge in [0.15, 0.2) is 0 Å². The summed E-state index contributed by atoms with van der Waals surface area (Å²) in [6.45, 7) is 0. The van der Waals surface area contributed by atoms with Crippen LogP contribution in [-0.4, -0.2) is 24.2 Å². The second-order valence-electron chi connectivity index (χ2n) is 4.98. The number of hydrogen-bond acceptors (Lipinski definition) is 3. The van der Waals surface area contributed by atoms with Crippen LogP contribution in [0.3, 0.4) is 0 Å². The van der Waals surface area contributed by atoms with Crippen LogP contribution in [0, 0.1) is 0 Å². The van der Waals surface area contributed by atoms with Gasteiger partial charge in [-0.15, -0.1) is 0 Å². The molecule has 3 atom stereocenters. The van der Waals surface area contributed by atoms with E-state index in [4.69, 9.17) is 15.2 Å². The maximum Gasteiger partial charge on any atom is 0.221 e. The van der Waals surface area contributed by atoms with Gasteiger partial charge in [-0.05, 0) is 25.3 Å². The highest BCUT2D eigenvalue weighted by Crippen LogP contribution is 2.39. The Morgan fingerprint density at radius 1 is 1.39 bits per heavy atom. The Morgan fingerprint density at radius 2 is 2.22 bits per heavy atom. The largest absolute Gasteiger partial charge is 0.487 e. The highest BCUT2D eigenvalue weighted by Gasteiger charge is 2.48. The molecule has 4 nitrogen and oxygen atoms in total. The predicted octanol–water partition coefficient (Wildman–Crippen LogP) is 1.41. The van der Waals surface area contributed by atoms with E-state index in [1.54, 1.807) is 0 Å². The minimum Gasteiger partial charge on any atom is -0.487 e. The number of rotatable bonds is 4. The van der Waals surface area contributed by atoms with E-state index >= 15 is 0 Å². The van der Waals surface area contributed by atoms with Gasteiger partial charge in [0.25, 0.3) is 0 Å². The number of ether oxygens (including phenoxy) is 2. The molecule has 1 aromatic rings. The average Bonchev–Trinajstić information content (AvgIpc) is 3.11. The molecular weight excluding hydrogens is 230 g/mol. The number of hydrogen-bond donors (Lipinski definition) is 1. The van der Waals surface area contributed by atoms with Gasteiger partial charge in [0.1, 0.15) is 18.0 Å². The van der Waals surface area contributed by atoms with E-state index in [1.165, 1.54) is 0 Å². The SMILES string of the molecule is NC(=O)Cc1ccccc1OC1CCCC2OC12. The topological polar surface area (TPSA) is 64.9 Å². The number of nitrogens with two attached hydrogens (primary N) is 1. The van der Waals surface area contributed by atoms with Crippen LogP contribution in [0.25, 0.3) is 0 Å². The van der Waals surface area contributed by atoms with Crippen LogP contribution in [0.1, 0.15) is 24.8 Å². The Hall–Kier alpha value is -1.55. The lowest BCUT2D eigenvalue weighted by atomic mass is 9.97. The van der Waals surface area contributed by atoms with Crippen LogP contribution in [0.2, 0.25) is 0 Å². The molecule has 1 aromatic carbocycles. The summed E-state index contributed by atoms with van der Waals surface area (Å²) < 4.78 is 11.6. The van der Waals surface area contributed by atoms with Crippen molar-refractivity contribution in [1.29, 1.82) is 0 Å². The molecule has 0 radical (unpaired) electrons. The van der Waals surface area contributed by atoms with Crippen LogP contribution in [0.4, 0.5) is 0 Å². The van der Waals surface area contributed by atoms with Crippen LogP contribution >= 0.6 is 0 Å². The van der Waals surface area contributed by atoms with E-state index in [2.05, 4.69) is 0 Å². The summed E-state index contributed by atoms with van der Waals surface area (Å²) >= 11 is 0. The van der Waals surface area contributed by atoms with Gasteiger partial charge in [0.2, 0.25) is 5.91 Å². The first kappa shape index (κ1) is 11.5. The van der Waals surface area contributed by atoms with Crippen LogP contribution < -0.4 is 10.5 Å². The summed E-state index contributed by atoms with van der Waals surface area (Å²) in [7, 11) is 0. The summed E-state index contributed by atoms with van der Waals surface area (Å²) in [5.41, 5.74) is 6.10. The lowest BCUT2D eigenvalue weighted by Gasteiger charge is -2.21. The van der Waals surface area contributed by atoms with Gasteiger partial charge in [0, 0.05) is 5.56 Å².